The van der Waals surface area contributed by atoms with Crippen molar-refractivity contribution in [1.29, 1.82) is 0 Å². The number of anilines is 2. The molecule has 1 atom stereocenters. The summed E-state index contributed by atoms with van der Waals surface area (Å²) >= 11 is 0. The van der Waals surface area contributed by atoms with E-state index in [0.717, 1.165) is 28.5 Å². The van der Waals surface area contributed by atoms with Gasteiger partial charge in [0.15, 0.2) is 0 Å². The summed E-state index contributed by atoms with van der Waals surface area (Å²) in [6, 6.07) is 18.4. The van der Waals surface area contributed by atoms with Crippen molar-refractivity contribution in [3.63, 3.8) is 0 Å². The van der Waals surface area contributed by atoms with E-state index in [1.807, 2.05) is 30.3 Å². The third kappa shape index (κ3) is 4.40. The van der Waals surface area contributed by atoms with E-state index in [2.05, 4.69) is 34.8 Å². The van der Waals surface area contributed by atoms with E-state index in [-0.39, 0.29) is 10.6 Å². The molecule has 34 heavy (non-hydrogen) atoms. The quantitative estimate of drug-likeness (QED) is 0.228. The highest BCUT2D eigenvalue weighted by Crippen LogP contribution is 2.34. The molecule has 0 aliphatic heterocycles. The zero-order valence-electron chi connectivity index (χ0n) is 18.8. The van der Waals surface area contributed by atoms with Crippen molar-refractivity contribution in [3.05, 3.63) is 102 Å². The minimum absolute atomic E-state index is 0.0850. The van der Waals surface area contributed by atoms with Crippen LogP contribution < -0.4 is 10.5 Å². The lowest BCUT2D eigenvalue weighted by atomic mass is 9.94. The molecule has 0 aliphatic carbocycles. The van der Waals surface area contributed by atoms with Crippen LogP contribution in [0.5, 0.6) is 5.75 Å². The first-order valence-corrected chi connectivity index (χ1v) is 12.5. The Balaban J connectivity index is 1.74. The van der Waals surface area contributed by atoms with Gasteiger partial charge in [0.25, 0.3) is 0 Å². The monoisotopic (exact) mass is 469 g/mol. The fraction of sp³-hybridized carbons (Fsp3) is 0.0714. The van der Waals surface area contributed by atoms with Gasteiger partial charge < -0.3 is 15.6 Å². The standard InChI is InChI=1S/C28H27N3O2S/c1-4-22-23(5-2)27(29)21(16-15-20-11-8-10-19-12-9-17-30-28(19)20)18-24(22)31-34(3,33)26-14-7-6-13-25(26)32/h4-14,17-18,32H,1-3,15-16,29H2,(H,31,33). The third-order valence-corrected chi connectivity index (χ3v) is 7.42. The molecule has 0 spiro atoms. The van der Waals surface area contributed by atoms with Gasteiger partial charge in [-0.1, -0.05) is 61.7 Å². The number of pyridine rings is 1. The zero-order valence-corrected chi connectivity index (χ0v) is 19.6. The number of rotatable bonds is 8. The molecule has 4 rings (SSSR count). The lowest BCUT2D eigenvalue weighted by molar-refractivity contribution is 0.461. The van der Waals surface area contributed by atoms with Crippen LogP contribution in [0, 0.1) is 0 Å². The van der Waals surface area contributed by atoms with Gasteiger partial charge in [0, 0.05) is 28.4 Å². The van der Waals surface area contributed by atoms with Crippen molar-refractivity contribution in [2.75, 3.05) is 10.5 Å². The second-order valence-electron chi connectivity index (χ2n) is 7.97. The maximum absolute atomic E-state index is 13.5. The Morgan fingerprint density at radius 2 is 1.68 bits per heavy atom. The van der Waals surface area contributed by atoms with Crippen molar-refractivity contribution in [3.8, 4) is 5.75 Å². The van der Waals surface area contributed by atoms with Crippen LogP contribution in [0.4, 0.5) is 11.4 Å². The molecule has 6 heteroatoms. The molecule has 5 nitrogen and oxygen atoms in total. The fourth-order valence-electron chi connectivity index (χ4n) is 4.13. The zero-order chi connectivity index (χ0) is 24.3. The summed E-state index contributed by atoms with van der Waals surface area (Å²) in [7, 11) is -3.06. The molecule has 0 saturated heterocycles. The van der Waals surface area contributed by atoms with Crippen LogP contribution in [0.25, 0.3) is 23.1 Å². The highest BCUT2D eigenvalue weighted by atomic mass is 32.2. The minimum atomic E-state index is -3.06. The summed E-state index contributed by atoms with van der Waals surface area (Å²) in [5, 5.41) is 11.3. The molecule has 0 aliphatic rings. The number of para-hydroxylation sites is 2. The number of fused-ring (bicyclic) bond motifs is 1. The van der Waals surface area contributed by atoms with Gasteiger partial charge in [-0.05, 0) is 54.1 Å². The van der Waals surface area contributed by atoms with Gasteiger partial charge in [-0.2, -0.15) is 0 Å². The van der Waals surface area contributed by atoms with Crippen molar-refractivity contribution < 1.29 is 9.32 Å². The third-order valence-electron chi connectivity index (χ3n) is 5.82. The molecule has 0 saturated carbocycles. The molecule has 1 heterocycles. The maximum atomic E-state index is 13.5. The second-order valence-corrected chi connectivity index (χ2v) is 9.96. The number of aryl methyl sites for hydroxylation is 2. The Hall–Kier alpha value is -4.03. The Bertz CT molecular complexity index is 1500. The molecular weight excluding hydrogens is 442 g/mol. The molecule has 172 valence electrons. The molecule has 0 fully saturated rings. The summed E-state index contributed by atoms with van der Waals surface area (Å²) in [4.78, 5) is 4.77. The van der Waals surface area contributed by atoms with Gasteiger partial charge in [-0.25, -0.2) is 4.21 Å². The number of nitrogen functional groups attached to an aromatic ring is 1. The van der Waals surface area contributed by atoms with Crippen molar-refractivity contribution in [2.24, 2.45) is 0 Å². The molecular formula is C28H27N3O2S. The molecule has 3 aromatic carbocycles. The molecule has 0 bridgehead atoms. The molecule has 0 radical (unpaired) electrons. The number of phenolic OH excluding ortho intramolecular Hbond substituents is 1. The normalized spacial score (nSPS) is 12.7. The molecule has 0 amide bonds. The summed E-state index contributed by atoms with van der Waals surface area (Å²) in [5.41, 5.74) is 12.0. The first-order valence-electron chi connectivity index (χ1n) is 10.8. The van der Waals surface area contributed by atoms with Crippen LogP contribution in [-0.4, -0.2) is 20.2 Å². The molecule has 1 aromatic heterocycles. The van der Waals surface area contributed by atoms with Crippen molar-refractivity contribution in [1.82, 2.24) is 4.98 Å². The lowest BCUT2D eigenvalue weighted by Gasteiger charge is -2.20. The number of phenols is 1. The Morgan fingerprint density at radius 3 is 2.41 bits per heavy atom. The first kappa shape index (κ1) is 23.1. The average molecular weight is 470 g/mol. The van der Waals surface area contributed by atoms with Gasteiger partial charge in [-0.15, -0.1) is 0 Å². The average Bonchev–Trinajstić information content (AvgIpc) is 2.83. The number of aromatic hydroxyl groups is 1. The Labute approximate surface area is 200 Å². The van der Waals surface area contributed by atoms with E-state index in [9.17, 15) is 9.32 Å². The van der Waals surface area contributed by atoms with Crippen LogP contribution in [0.15, 0.2) is 84.9 Å². The number of nitrogens with two attached hydrogens (primary N) is 1. The van der Waals surface area contributed by atoms with Gasteiger partial charge >= 0.3 is 0 Å². The predicted octanol–water partition coefficient (Wildman–Crippen LogP) is 5.70. The van der Waals surface area contributed by atoms with Crippen LogP contribution in [0.1, 0.15) is 22.3 Å². The van der Waals surface area contributed by atoms with E-state index in [4.69, 9.17) is 5.73 Å². The Kier molecular flexibility index (Phi) is 6.43. The van der Waals surface area contributed by atoms with E-state index in [1.54, 1.807) is 36.5 Å². The lowest BCUT2D eigenvalue weighted by Crippen LogP contribution is -2.15. The molecule has 4 N–H and O–H groups in total. The molecule has 4 aromatic rings. The predicted molar refractivity (Wildman–Crippen MR) is 145 cm³/mol. The van der Waals surface area contributed by atoms with Gasteiger partial charge in [0.1, 0.15) is 5.75 Å². The smallest absolute Gasteiger partial charge is 0.132 e. The summed E-state index contributed by atoms with van der Waals surface area (Å²) in [5.74, 6) is 3.78. The fourth-order valence-corrected chi connectivity index (χ4v) is 5.47. The van der Waals surface area contributed by atoms with Crippen molar-refractivity contribution >= 4 is 50.0 Å². The number of hydrogen-bond donors (Lipinski definition) is 3. The largest absolute Gasteiger partial charge is 0.507 e. The van der Waals surface area contributed by atoms with Gasteiger partial charge in [-0.3, -0.25) is 4.98 Å². The molecule has 1 unspecified atom stereocenters. The van der Waals surface area contributed by atoms with Crippen LogP contribution >= 0.6 is 0 Å². The van der Waals surface area contributed by atoms with Gasteiger partial charge in [0.2, 0.25) is 0 Å². The van der Waals surface area contributed by atoms with E-state index >= 15 is 0 Å². The minimum Gasteiger partial charge on any atom is -0.507 e. The summed E-state index contributed by atoms with van der Waals surface area (Å²) in [6.45, 7) is 7.82. The van der Waals surface area contributed by atoms with Gasteiger partial charge in [0.05, 0.1) is 25.8 Å². The maximum Gasteiger partial charge on any atom is 0.132 e. The Morgan fingerprint density at radius 1 is 0.971 bits per heavy atom. The van der Waals surface area contributed by atoms with Crippen LogP contribution in [-0.2, 0) is 22.5 Å². The van der Waals surface area contributed by atoms with E-state index in [0.29, 0.717) is 28.9 Å². The first-order chi connectivity index (χ1) is 16.4. The van der Waals surface area contributed by atoms with E-state index in [1.165, 1.54) is 6.07 Å². The number of aromatic nitrogens is 1. The number of benzene rings is 3. The number of nitrogens with zero attached hydrogens (tertiary/aromatic N) is 1. The summed E-state index contributed by atoms with van der Waals surface area (Å²) in [6.07, 6.45) is 6.48. The highest BCUT2D eigenvalue weighted by molar-refractivity contribution is 8.01. The van der Waals surface area contributed by atoms with E-state index < -0.39 is 9.71 Å². The highest BCUT2D eigenvalue weighted by Gasteiger charge is 2.18. The van der Waals surface area contributed by atoms with Crippen LogP contribution in [0.2, 0.25) is 0 Å². The van der Waals surface area contributed by atoms with Crippen molar-refractivity contribution in [2.45, 2.75) is 17.7 Å². The SMILES string of the molecule is C=Cc1c(NS(=C)(=O)c2ccccc2O)cc(CCc2cccc3cccnc23)c(N)c1C=C. The number of hydrogen-bond acceptors (Lipinski definition) is 4. The topological polar surface area (TPSA) is 88.2 Å². The summed E-state index contributed by atoms with van der Waals surface area (Å²) < 4.78 is 16.5. The number of nitrogens with one attached hydrogen (secondary N) is 1. The van der Waals surface area contributed by atoms with Crippen LogP contribution in [0.3, 0.4) is 0 Å². The second kappa shape index (κ2) is 9.45.